The molecule has 0 radical (unpaired) electrons. The highest BCUT2D eigenvalue weighted by Crippen LogP contribution is 2.37. The van der Waals surface area contributed by atoms with Gasteiger partial charge in [-0.3, -0.25) is 9.69 Å². The number of thioether (sulfide) groups is 1. The molecule has 0 spiro atoms. The van der Waals surface area contributed by atoms with E-state index in [1.165, 1.54) is 23.9 Å². The summed E-state index contributed by atoms with van der Waals surface area (Å²) in [4.78, 5) is 23.8. The van der Waals surface area contributed by atoms with Gasteiger partial charge < -0.3 is 0 Å². The van der Waals surface area contributed by atoms with Crippen LogP contribution < -0.4 is 4.90 Å². The Labute approximate surface area is 198 Å². The van der Waals surface area contributed by atoms with Crippen LogP contribution in [0, 0.1) is 19.3 Å². The van der Waals surface area contributed by atoms with Crippen LogP contribution in [0.3, 0.4) is 0 Å². The molecule has 1 aliphatic heterocycles. The molecule has 3 aromatic rings. The second-order valence-electron chi connectivity index (χ2n) is 8.29. The number of amidine groups is 1. The fourth-order valence-corrected chi connectivity index (χ4v) is 4.86. The van der Waals surface area contributed by atoms with E-state index in [4.69, 9.17) is 11.6 Å². The number of anilines is 1. The standard InChI is InChI=1S/C27H24FN3OS/c1-19-17-23(13-14-24(19)29-3)31-25(32)27(2,16-15-20-9-11-22(28)12-10-20)30-26(31)33-18-21-7-5-4-6-8-21/h4-14,17H,15-16,18H2,1-2H3/t27-/m1/s1. The zero-order chi connectivity index (χ0) is 23.4. The number of benzene rings is 3. The molecule has 0 fully saturated rings. The SMILES string of the molecule is [C-]#[N+]c1ccc(N2C(=O)[C@@](C)(CCc3ccc(F)cc3)N=C2SCc2ccccc2)cc1C. The van der Waals surface area contributed by atoms with Crippen molar-refractivity contribution in [2.24, 2.45) is 4.99 Å². The first-order valence-corrected chi connectivity index (χ1v) is 11.7. The maximum absolute atomic E-state index is 13.7. The summed E-state index contributed by atoms with van der Waals surface area (Å²) in [6, 6.07) is 21.9. The van der Waals surface area contributed by atoms with Crippen LogP contribution in [-0.4, -0.2) is 16.6 Å². The van der Waals surface area contributed by atoms with E-state index in [1.54, 1.807) is 23.1 Å². The van der Waals surface area contributed by atoms with Gasteiger partial charge in [0.1, 0.15) is 11.4 Å². The Bertz CT molecular complexity index is 1230. The molecule has 6 heteroatoms. The van der Waals surface area contributed by atoms with Crippen molar-refractivity contribution < 1.29 is 9.18 Å². The van der Waals surface area contributed by atoms with Gasteiger partial charge in [0.2, 0.25) is 0 Å². The zero-order valence-corrected chi connectivity index (χ0v) is 19.4. The minimum Gasteiger partial charge on any atom is -0.271 e. The largest absolute Gasteiger partial charge is 0.271 e. The van der Waals surface area contributed by atoms with Crippen LogP contribution in [-0.2, 0) is 17.0 Å². The summed E-state index contributed by atoms with van der Waals surface area (Å²) in [5.74, 6) is 0.329. The molecule has 0 bridgehead atoms. The molecule has 0 N–H and O–H groups in total. The minimum absolute atomic E-state index is 0.0878. The van der Waals surface area contributed by atoms with E-state index < -0.39 is 5.54 Å². The van der Waals surface area contributed by atoms with Crippen LogP contribution in [0.5, 0.6) is 0 Å². The molecule has 1 aliphatic rings. The van der Waals surface area contributed by atoms with Gasteiger partial charge in [0, 0.05) is 11.4 Å². The molecular weight excluding hydrogens is 433 g/mol. The maximum Gasteiger partial charge on any atom is 0.260 e. The van der Waals surface area contributed by atoms with E-state index in [0.717, 1.165) is 22.4 Å². The van der Waals surface area contributed by atoms with Crippen molar-refractivity contribution in [2.75, 3.05) is 4.90 Å². The monoisotopic (exact) mass is 457 g/mol. The van der Waals surface area contributed by atoms with Crippen LogP contribution in [0.2, 0.25) is 0 Å². The predicted molar refractivity (Wildman–Crippen MR) is 133 cm³/mol. The lowest BCUT2D eigenvalue weighted by atomic mass is 9.93. The fraction of sp³-hybridized carbons (Fsp3) is 0.222. The molecule has 166 valence electrons. The quantitative estimate of drug-likeness (QED) is 0.386. The summed E-state index contributed by atoms with van der Waals surface area (Å²) >= 11 is 1.53. The average molecular weight is 458 g/mol. The highest BCUT2D eigenvalue weighted by Gasteiger charge is 2.45. The molecule has 0 unspecified atom stereocenters. The van der Waals surface area contributed by atoms with Crippen molar-refractivity contribution in [3.63, 3.8) is 0 Å². The summed E-state index contributed by atoms with van der Waals surface area (Å²) in [6.07, 6.45) is 1.13. The van der Waals surface area contributed by atoms with Crippen molar-refractivity contribution in [3.8, 4) is 0 Å². The molecule has 1 atom stereocenters. The van der Waals surface area contributed by atoms with E-state index in [1.807, 2.05) is 44.2 Å². The first-order chi connectivity index (χ1) is 15.9. The van der Waals surface area contributed by atoms with Gasteiger partial charge in [0.15, 0.2) is 10.9 Å². The number of aryl methyl sites for hydroxylation is 2. The number of hydrogen-bond acceptors (Lipinski definition) is 3. The van der Waals surface area contributed by atoms with Crippen LogP contribution in [0.25, 0.3) is 4.85 Å². The Morgan fingerprint density at radius 2 is 1.79 bits per heavy atom. The van der Waals surface area contributed by atoms with Gasteiger partial charge in [0.05, 0.1) is 6.57 Å². The van der Waals surface area contributed by atoms with E-state index in [2.05, 4.69) is 17.0 Å². The lowest BCUT2D eigenvalue weighted by molar-refractivity contribution is -0.121. The van der Waals surface area contributed by atoms with Gasteiger partial charge in [-0.1, -0.05) is 60.3 Å². The predicted octanol–water partition coefficient (Wildman–Crippen LogP) is 6.71. The number of aliphatic imine (C=N–C) groups is 1. The molecule has 0 saturated heterocycles. The first-order valence-electron chi connectivity index (χ1n) is 10.7. The number of carbonyl (C=O) groups excluding carboxylic acids is 1. The Morgan fingerprint density at radius 3 is 2.45 bits per heavy atom. The van der Waals surface area contributed by atoms with Crippen LogP contribution in [0.15, 0.2) is 77.8 Å². The molecule has 3 aromatic carbocycles. The lowest BCUT2D eigenvalue weighted by Crippen LogP contribution is -2.40. The van der Waals surface area contributed by atoms with Gasteiger partial charge in [-0.2, -0.15) is 0 Å². The number of rotatable bonds is 6. The van der Waals surface area contributed by atoms with Gasteiger partial charge >= 0.3 is 0 Å². The molecule has 1 amide bonds. The second kappa shape index (κ2) is 9.60. The van der Waals surface area contributed by atoms with Crippen LogP contribution in [0.4, 0.5) is 15.8 Å². The maximum atomic E-state index is 13.7. The molecule has 4 rings (SSSR count). The summed E-state index contributed by atoms with van der Waals surface area (Å²) in [6.45, 7) is 11.0. The number of nitrogens with zero attached hydrogens (tertiary/aromatic N) is 3. The van der Waals surface area contributed by atoms with E-state index in [0.29, 0.717) is 29.4 Å². The molecule has 4 nitrogen and oxygen atoms in total. The molecule has 1 heterocycles. The van der Waals surface area contributed by atoms with Gasteiger partial charge in [-0.25, -0.2) is 14.2 Å². The normalized spacial score (nSPS) is 17.7. The third-order valence-corrected chi connectivity index (χ3v) is 6.79. The average Bonchev–Trinajstić information content (AvgIpc) is 3.08. The van der Waals surface area contributed by atoms with Crippen molar-refractivity contribution in [1.82, 2.24) is 0 Å². The van der Waals surface area contributed by atoms with Crippen molar-refractivity contribution in [2.45, 2.75) is 38.0 Å². The Balaban J connectivity index is 1.62. The highest BCUT2D eigenvalue weighted by molar-refractivity contribution is 8.13. The zero-order valence-electron chi connectivity index (χ0n) is 18.6. The fourth-order valence-electron chi connectivity index (χ4n) is 3.79. The summed E-state index contributed by atoms with van der Waals surface area (Å²) in [5, 5.41) is 0.653. The number of halogens is 1. The molecule has 0 aliphatic carbocycles. The summed E-state index contributed by atoms with van der Waals surface area (Å²) in [7, 11) is 0. The van der Waals surface area contributed by atoms with E-state index in [9.17, 15) is 9.18 Å². The molecule has 0 saturated carbocycles. The smallest absolute Gasteiger partial charge is 0.260 e. The first kappa shape index (κ1) is 22.8. The van der Waals surface area contributed by atoms with E-state index in [-0.39, 0.29) is 11.7 Å². The topological polar surface area (TPSA) is 37.0 Å². The van der Waals surface area contributed by atoms with Gasteiger partial charge in [-0.05, 0) is 67.6 Å². The van der Waals surface area contributed by atoms with Crippen LogP contribution in [0.1, 0.15) is 30.0 Å². The third-order valence-electron chi connectivity index (χ3n) is 5.78. The third kappa shape index (κ3) is 4.99. The van der Waals surface area contributed by atoms with Crippen molar-refractivity contribution in [3.05, 3.63) is 107 Å². The number of amides is 1. The Hall–Kier alpha value is -3.43. The summed E-state index contributed by atoms with van der Waals surface area (Å²) < 4.78 is 13.3. The Morgan fingerprint density at radius 1 is 1.06 bits per heavy atom. The second-order valence-corrected chi connectivity index (χ2v) is 9.23. The highest BCUT2D eigenvalue weighted by atomic mass is 32.2. The number of hydrogen-bond donors (Lipinski definition) is 0. The van der Waals surface area contributed by atoms with E-state index >= 15 is 0 Å². The lowest BCUT2D eigenvalue weighted by Gasteiger charge is -2.23. The minimum atomic E-state index is -0.917. The molecule has 0 aromatic heterocycles. The van der Waals surface area contributed by atoms with Crippen molar-refractivity contribution >= 4 is 34.2 Å². The van der Waals surface area contributed by atoms with Gasteiger partial charge in [-0.15, -0.1) is 0 Å². The van der Waals surface area contributed by atoms with Crippen LogP contribution >= 0.6 is 11.8 Å². The molecule has 33 heavy (non-hydrogen) atoms. The molecular formula is C27H24FN3OS. The number of carbonyl (C=O) groups is 1. The summed E-state index contributed by atoms with van der Waals surface area (Å²) in [5.41, 5.74) is 3.31. The van der Waals surface area contributed by atoms with Crippen molar-refractivity contribution in [1.29, 1.82) is 0 Å². The Kier molecular flexibility index (Phi) is 6.62. The van der Waals surface area contributed by atoms with Gasteiger partial charge in [0.25, 0.3) is 5.91 Å².